The summed E-state index contributed by atoms with van der Waals surface area (Å²) in [6, 6.07) is 8.29. The van der Waals surface area contributed by atoms with Gasteiger partial charge in [-0.25, -0.2) is 13.1 Å². The van der Waals surface area contributed by atoms with Crippen molar-refractivity contribution in [3.63, 3.8) is 0 Å². The molecule has 1 unspecified atom stereocenters. The predicted molar refractivity (Wildman–Crippen MR) is 68.6 cm³/mol. The second-order valence-corrected chi connectivity index (χ2v) is 6.43. The summed E-state index contributed by atoms with van der Waals surface area (Å²) < 4.78 is 26.5. The van der Waals surface area contributed by atoms with E-state index in [4.69, 9.17) is 0 Å². The summed E-state index contributed by atoms with van der Waals surface area (Å²) in [5.41, 5.74) is 0. The van der Waals surface area contributed by atoms with Gasteiger partial charge in [-0.05, 0) is 30.9 Å². The molecule has 1 aliphatic rings. The highest BCUT2D eigenvalue weighted by Gasteiger charge is 2.21. The summed E-state index contributed by atoms with van der Waals surface area (Å²) in [6.45, 7) is 0.350. The molecule has 5 heteroatoms. The lowest BCUT2D eigenvalue weighted by molar-refractivity contribution is -0.121. The Bertz CT molecular complexity index is 510. The molecule has 4 nitrogen and oxygen atoms in total. The van der Waals surface area contributed by atoms with Crippen LogP contribution in [-0.2, 0) is 14.8 Å². The van der Waals surface area contributed by atoms with Gasteiger partial charge in [0.15, 0.2) is 0 Å². The highest BCUT2D eigenvalue weighted by Crippen LogP contribution is 2.21. The van der Waals surface area contributed by atoms with Gasteiger partial charge in [0.1, 0.15) is 5.78 Å². The first kappa shape index (κ1) is 13.2. The van der Waals surface area contributed by atoms with Gasteiger partial charge in [0.05, 0.1) is 4.90 Å². The number of carbonyl (C=O) groups is 1. The molecule has 1 aromatic rings. The maximum Gasteiger partial charge on any atom is 0.240 e. The van der Waals surface area contributed by atoms with Gasteiger partial charge in [-0.3, -0.25) is 4.79 Å². The number of nitrogens with one attached hydrogen (secondary N) is 1. The van der Waals surface area contributed by atoms with Gasteiger partial charge in [0, 0.05) is 19.4 Å². The Balaban J connectivity index is 1.95. The summed E-state index contributed by atoms with van der Waals surface area (Å²) in [5, 5.41) is 0. The van der Waals surface area contributed by atoms with E-state index in [1.807, 2.05) is 0 Å². The van der Waals surface area contributed by atoms with Crippen LogP contribution >= 0.6 is 0 Å². The fourth-order valence-electron chi connectivity index (χ4n) is 2.20. The number of Topliss-reactive ketones (excluding diaryl/α,β-unsaturated/α-hetero) is 1. The van der Waals surface area contributed by atoms with Crippen LogP contribution in [0, 0.1) is 5.92 Å². The minimum atomic E-state index is -3.44. The molecule has 0 amide bonds. The molecular formula is C13H17NO3S. The first-order chi connectivity index (χ1) is 8.58. The van der Waals surface area contributed by atoms with Crippen molar-refractivity contribution in [1.82, 2.24) is 4.72 Å². The molecule has 0 radical (unpaired) electrons. The molecule has 1 saturated carbocycles. The third-order valence-corrected chi connectivity index (χ3v) is 4.64. The van der Waals surface area contributed by atoms with E-state index in [1.54, 1.807) is 30.3 Å². The maximum absolute atomic E-state index is 12.0. The van der Waals surface area contributed by atoms with Gasteiger partial charge in [-0.15, -0.1) is 0 Å². The number of hydrogen-bond donors (Lipinski definition) is 1. The molecule has 18 heavy (non-hydrogen) atoms. The van der Waals surface area contributed by atoms with Gasteiger partial charge < -0.3 is 0 Å². The molecule has 0 saturated heterocycles. The van der Waals surface area contributed by atoms with Gasteiger partial charge >= 0.3 is 0 Å². The third-order valence-electron chi connectivity index (χ3n) is 3.20. The van der Waals surface area contributed by atoms with Crippen molar-refractivity contribution in [3.05, 3.63) is 30.3 Å². The highest BCUT2D eigenvalue weighted by molar-refractivity contribution is 7.89. The molecule has 1 aliphatic carbocycles. The fraction of sp³-hybridized carbons (Fsp3) is 0.462. The van der Waals surface area contributed by atoms with Crippen LogP contribution in [0.15, 0.2) is 35.2 Å². The molecular weight excluding hydrogens is 250 g/mol. The molecule has 1 N–H and O–H groups in total. The Kier molecular flexibility index (Phi) is 4.14. The van der Waals surface area contributed by atoms with E-state index in [0.717, 1.165) is 12.8 Å². The van der Waals surface area contributed by atoms with Crippen LogP contribution in [0.3, 0.4) is 0 Å². The monoisotopic (exact) mass is 267 g/mol. The van der Waals surface area contributed by atoms with Crippen LogP contribution in [0.25, 0.3) is 0 Å². The number of ketones is 1. The average molecular weight is 267 g/mol. The molecule has 98 valence electrons. The second kappa shape index (κ2) is 5.63. The van der Waals surface area contributed by atoms with Gasteiger partial charge in [0.2, 0.25) is 10.0 Å². The number of benzene rings is 1. The lowest BCUT2D eigenvalue weighted by Gasteiger charge is -2.20. The fourth-order valence-corrected chi connectivity index (χ4v) is 3.34. The first-order valence-electron chi connectivity index (χ1n) is 6.14. The molecule has 0 bridgehead atoms. The molecule has 0 aromatic heterocycles. The van der Waals surface area contributed by atoms with E-state index in [0.29, 0.717) is 19.4 Å². The normalized spacial score (nSPS) is 20.9. The zero-order valence-corrected chi connectivity index (χ0v) is 10.9. The largest absolute Gasteiger partial charge is 0.300 e. The zero-order chi connectivity index (χ0) is 13.0. The van der Waals surface area contributed by atoms with Crippen molar-refractivity contribution < 1.29 is 13.2 Å². The maximum atomic E-state index is 12.0. The van der Waals surface area contributed by atoms with Crippen LogP contribution in [0.4, 0.5) is 0 Å². The topological polar surface area (TPSA) is 63.2 Å². The lowest BCUT2D eigenvalue weighted by atomic mass is 9.89. The molecule has 0 heterocycles. The molecule has 1 fully saturated rings. The van der Waals surface area contributed by atoms with Crippen LogP contribution < -0.4 is 4.72 Å². The standard InChI is InChI=1S/C13H17NO3S/c15-12-6-4-5-11(9-12)10-14-18(16,17)13-7-2-1-3-8-13/h1-3,7-8,11,14H,4-6,9-10H2. The van der Waals surface area contributed by atoms with E-state index in [1.165, 1.54) is 0 Å². The predicted octanol–water partition coefficient (Wildman–Crippen LogP) is 1.72. The molecule has 1 aromatic carbocycles. The molecule has 0 spiro atoms. The summed E-state index contributed by atoms with van der Waals surface area (Å²) in [4.78, 5) is 11.6. The quantitative estimate of drug-likeness (QED) is 0.903. The Morgan fingerprint density at radius 1 is 1.22 bits per heavy atom. The van der Waals surface area contributed by atoms with E-state index >= 15 is 0 Å². The van der Waals surface area contributed by atoms with E-state index in [-0.39, 0.29) is 16.6 Å². The lowest BCUT2D eigenvalue weighted by Crippen LogP contribution is -2.31. The number of carbonyl (C=O) groups excluding carboxylic acids is 1. The second-order valence-electron chi connectivity index (χ2n) is 4.67. The van der Waals surface area contributed by atoms with Gasteiger partial charge in [-0.1, -0.05) is 18.2 Å². The Hall–Kier alpha value is -1.20. The summed E-state index contributed by atoms with van der Waals surface area (Å²) in [7, 11) is -3.44. The van der Waals surface area contributed by atoms with Crippen molar-refractivity contribution >= 4 is 15.8 Å². The van der Waals surface area contributed by atoms with Crippen molar-refractivity contribution in [2.45, 2.75) is 30.6 Å². The Labute approximate surface area is 107 Å². The Morgan fingerprint density at radius 3 is 2.61 bits per heavy atom. The van der Waals surface area contributed by atoms with Crippen molar-refractivity contribution in [1.29, 1.82) is 0 Å². The highest BCUT2D eigenvalue weighted by atomic mass is 32.2. The van der Waals surface area contributed by atoms with E-state index in [2.05, 4.69) is 4.72 Å². The smallest absolute Gasteiger partial charge is 0.240 e. The van der Waals surface area contributed by atoms with E-state index in [9.17, 15) is 13.2 Å². The van der Waals surface area contributed by atoms with Gasteiger partial charge in [-0.2, -0.15) is 0 Å². The van der Waals surface area contributed by atoms with Crippen molar-refractivity contribution in [2.24, 2.45) is 5.92 Å². The van der Waals surface area contributed by atoms with Crippen molar-refractivity contribution in [3.8, 4) is 0 Å². The van der Waals surface area contributed by atoms with E-state index < -0.39 is 10.0 Å². The van der Waals surface area contributed by atoms with Crippen LogP contribution in [0.1, 0.15) is 25.7 Å². The summed E-state index contributed by atoms with van der Waals surface area (Å²) in [5.74, 6) is 0.384. The van der Waals surface area contributed by atoms with Crippen molar-refractivity contribution in [2.75, 3.05) is 6.54 Å². The third kappa shape index (κ3) is 3.40. The zero-order valence-electron chi connectivity index (χ0n) is 10.1. The first-order valence-corrected chi connectivity index (χ1v) is 7.62. The SMILES string of the molecule is O=C1CCCC(CNS(=O)(=O)c2ccccc2)C1. The van der Waals surface area contributed by atoms with Crippen LogP contribution in [0.2, 0.25) is 0 Å². The summed E-state index contributed by atoms with van der Waals surface area (Å²) >= 11 is 0. The molecule has 2 rings (SSSR count). The molecule has 0 aliphatic heterocycles. The van der Waals surface area contributed by atoms with Crippen LogP contribution in [-0.4, -0.2) is 20.7 Å². The minimum Gasteiger partial charge on any atom is -0.300 e. The number of sulfonamides is 1. The molecule has 1 atom stereocenters. The number of rotatable bonds is 4. The summed E-state index contributed by atoms with van der Waals surface area (Å²) in [6.07, 6.45) is 2.93. The average Bonchev–Trinajstić information content (AvgIpc) is 2.38. The minimum absolute atomic E-state index is 0.143. The van der Waals surface area contributed by atoms with Gasteiger partial charge in [0.25, 0.3) is 0 Å². The number of hydrogen-bond acceptors (Lipinski definition) is 3. The Morgan fingerprint density at radius 2 is 1.94 bits per heavy atom. The van der Waals surface area contributed by atoms with Crippen LogP contribution in [0.5, 0.6) is 0 Å².